The Morgan fingerprint density at radius 1 is 1.26 bits per heavy atom. The number of rotatable bonds is 7. The molecule has 27 heavy (non-hydrogen) atoms. The second-order valence-electron chi connectivity index (χ2n) is 6.30. The van der Waals surface area contributed by atoms with Crippen molar-refractivity contribution in [1.82, 2.24) is 14.9 Å². The lowest BCUT2D eigenvalue weighted by molar-refractivity contribution is -0.115. The number of carbonyl (C=O) groups excluding carboxylic acids is 1. The minimum Gasteiger partial charge on any atom is -0.461 e. The van der Waals surface area contributed by atoms with Crippen molar-refractivity contribution in [3.63, 3.8) is 0 Å². The predicted molar refractivity (Wildman–Crippen MR) is 107 cm³/mol. The summed E-state index contributed by atoms with van der Waals surface area (Å²) in [5, 5.41) is 11.2. The summed E-state index contributed by atoms with van der Waals surface area (Å²) < 4.78 is 6.63. The van der Waals surface area contributed by atoms with Crippen molar-refractivity contribution >= 4 is 23.4 Å². The van der Waals surface area contributed by atoms with E-state index in [4.69, 9.17) is 10.3 Å². The summed E-state index contributed by atoms with van der Waals surface area (Å²) in [6, 6.07) is 11.4. The zero-order valence-electron chi connectivity index (χ0n) is 15.5. The van der Waals surface area contributed by atoms with Crippen LogP contribution in [0.1, 0.15) is 38.7 Å². The van der Waals surface area contributed by atoms with Gasteiger partial charge in [-0.25, -0.2) is 4.68 Å². The molecule has 0 unspecified atom stereocenters. The van der Waals surface area contributed by atoms with Gasteiger partial charge in [-0.3, -0.25) is 4.79 Å². The number of benzene rings is 1. The average Bonchev–Trinajstić information content (AvgIpc) is 3.32. The summed E-state index contributed by atoms with van der Waals surface area (Å²) >= 11 is 1.25. The molecule has 3 rings (SSSR count). The van der Waals surface area contributed by atoms with E-state index in [1.165, 1.54) is 16.4 Å². The van der Waals surface area contributed by atoms with E-state index in [1.807, 2.05) is 31.2 Å². The van der Waals surface area contributed by atoms with Gasteiger partial charge in [0.25, 0.3) is 0 Å². The summed E-state index contributed by atoms with van der Waals surface area (Å²) in [5.74, 6) is 7.25. The van der Waals surface area contributed by atoms with Gasteiger partial charge in [0, 0.05) is 5.69 Å². The van der Waals surface area contributed by atoms with Crippen molar-refractivity contribution in [2.45, 2.75) is 43.5 Å². The summed E-state index contributed by atoms with van der Waals surface area (Å²) in [4.78, 5) is 12.7. The lowest BCUT2D eigenvalue weighted by Crippen LogP contribution is -2.24. The molecule has 8 heteroatoms. The molecular weight excluding hydrogens is 362 g/mol. The van der Waals surface area contributed by atoms with Crippen LogP contribution in [0.15, 0.2) is 52.2 Å². The number of thioether (sulfide) groups is 1. The Labute approximate surface area is 162 Å². The van der Waals surface area contributed by atoms with Crippen LogP contribution in [-0.2, 0) is 4.79 Å². The van der Waals surface area contributed by atoms with Crippen LogP contribution in [0, 0.1) is 0 Å². The van der Waals surface area contributed by atoms with Crippen LogP contribution in [0.25, 0.3) is 11.6 Å². The third-order valence-electron chi connectivity index (χ3n) is 4.42. The van der Waals surface area contributed by atoms with E-state index < -0.39 is 5.25 Å². The van der Waals surface area contributed by atoms with Gasteiger partial charge in [0.05, 0.1) is 11.5 Å². The van der Waals surface area contributed by atoms with Crippen LogP contribution in [-0.4, -0.2) is 26.0 Å². The minimum atomic E-state index is -0.397. The van der Waals surface area contributed by atoms with Gasteiger partial charge in [-0.15, -0.1) is 10.2 Å². The molecule has 0 saturated heterocycles. The molecule has 7 nitrogen and oxygen atoms in total. The molecule has 0 saturated carbocycles. The molecule has 1 aromatic carbocycles. The molecule has 0 fully saturated rings. The van der Waals surface area contributed by atoms with Crippen LogP contribution < -0.4 is 11.2 Å². The van der Waals surface area contributed by atoms with Crippen molar-refractivity contribution in [1.29, 1.82) is 0 Å². The number of carbonyl (C=O) groups is 1. The highest BCUT2D eigenvalue weighted by Crippen LogP contribution is 2.29. The van der Waals surface area contributed by atoms with Gasteiger partial charge < -0.3 is 15.6 Å². The second kappa shape index (κ2) is 8.30. The van der Waals surface area contributed by atoms with E-state index in [0.717, 1.165) is 17.7 Å². The number of nitrogens with zero attached hydrogens (tertiary/aromatic N) is 3. The van der Waals surface area contributed by atoms with Crippen LogP contribution in [0.5, 0.6) is 0 Å². The molecular formula is C19H23N5O2S. The predicted octanol–water partition coefficient (Wildman–Crippen LogP) is 3.88. The molecule has 0 bridgehead atoms. The number of nitrogen functional groups attached to an aromatic ring is 1. The lowest BCUT2D eigenvalue weighted by atomic mass is 9.97. The zero-order valence-corrected chi connectivity index (χ0v) is 16.4. The SMILES string of the molecule is CC[C@H](C)c1ccccc1NC(=O)[C@H](C)Sc1nnc(-c2ccco2)n1N. The Hall–Kier alpha value is -2.74. The molecule has 0 radical (unpaired) electrons. The maximum atomic E-state index is 12.7. The third-order valence-corrected chi connectivity index (χ3v) is 5.48. The Kier molecular flexibility index (Phi) is 5.85. The molecule has 3 aromatic rings. The Morgan fingerprint density at radius 3 is 2.74 bits per heavy atom. The van der Waals surface area contributed by atoms with Crippen molar-refractivity contribution < 1.29 is 9.21 Å². The first-order chi connectivity index (χ1) is 13.0. The maximum absolute atomic E-state index is 12.7. The Balaban J connectivity index is 1.71. The number of nitrogens with one attached hydrogen (secondary N) is 1. The van der Waals surface area contributed by atoms with E-state index in [0.29, 0.717) is 22.7 Å². The molecule has 3 N–H and O–H groups in total. The van der Waals surface area contributed by atoms with E-state index in [9.17, 15) is 4.79 Å². The fraction of sp³-hybridized carbons (Fsp3) is 0.316. The fourth-order valence-electron chi connectivity index (χ4n) is 2.64. The normalized spacial score (nSPS) is 13.3. The van der Waals surface area contributed by atoms with E-state index in [2.05, 4.69) is 29.4 Å². The second-order valence-corrected chi connectivity index (χ2v) is 7.61. The number of para-hydroxylation sites is 1. The summed E-state index contributed by atoms with van der Waals surface area (Å²) in [7, 11) is 0. The molecule has 0 aliphatic rings. The zero-order chi connectivity index (χ0) is 19.4. The fourth-order valence-corrected chi connectivity index (χ4v) is 3.41. The Morgan fingerprint density at radius 2 is 2.04 bits per heavy atom. The third kappa shape index (κ3) is 4.16. The van der Waals surface area contributed by atoms with E-state index in [1.54, 1.807) is 18.4 Å². The highest BCUT2D eigenvalue weighted by Gasteiger charge is 2.21. The standard InChI is InChI=1S/C19H23N5O2S/c1-4-12(2)14-8-5-6-9-15(14)21-18(25)13(3)27-19-23-22-17(24(19)20)16-10-7-11-26-16/h5-13H,4,20H2,1-3H3,(H,21,25)/t12-,13-/m0/s1. The number of amides is 1. The van der Waals surface area contributed by atoms with Gasteiger partial charge in [-0.05, 0) is 43.0 Å². The lowest BCUT2D eigenvalue weighted by Gasteiger charge is -2.17. The van der Waals surface area contributed by atoms with Crippen molar-refractivity contribution in [2.75, 3.05) is 11.2 Å². The molecule has 1 amide bonds. The first-order valence-electron chi connectivity index (χ1n) is 8.82. The topological polar surface area (TPSA) is 99.0 Å². The molecule has 2 heterocycles. The molecule has 0 aliphatic heterocycles. The monoisotopic (exact) mass is 385 g/mol. The number of hydrogen-bond acceptors (Lipinski definition) is 6. The molecule has 0 spiro atoms. The molecule has 0 aliphatic carbocycles. The first-order valence-corrected chi connectivity index (χ1v) is 9.70. The number of anilines is 1. The molecule has 142 valence electrons. The maximum Gasteiger partial charge on any atom is 0.237 e. The van der Waals surface area contributed by atoms with Gasteiger partial charge >= 0.3 is 0 Å². The number of nitrogens with two attached hydrogens (primary N) is 1. The average molecular weight is 385 g/mol. The van der Waals surface area contributed by atoms with E-state index >= 15 is 0 Å². The first kappa shape index (κ1) is 19.0. The van der Waals surface area contributed by atoms with Crippen molar-refractivity contribution in [3.8, 4) is 11.6 Å². The van der Waals surface area contributed by atoms with Gasteiger partial charge in [-0.2, -0.15) is 0 Å². The smallest absolute Gasteiger partial charge is 0.237 e. The van der Waals surface area contributed by atoms with Gasteiger partial charge in [-0.1, -0.05) is 43.8 Å². The van der Waals surface area contributed by atoms with Gasteiger partial charge in [0.2, 0.25) is 16.9 Å². The minimum absolute atomic E-state index is 0.113. The number of hydrogen-bond donors (Lipinski definition) is 2. The van der Waals surface area contributed by atoms with Gasteiger partial charge in [0.15, 0.2) is 5.76 Å². The van der Waals surface area contributed by atoms with Crippen LogP contribution >= 0.6 is 11.8 Å². The summed E-state index contributed by atoms with van der Waals surface area (Å²) in [6.45, 7) is 6.09. The Bertz CT molecular complexity index is 907. The molecule has 2 aromatic heterocycles. The van der Waals surface area contributed by atoms with Crippen LogP contribution in [0.2, 0.25) is 0 Å². The number of furan rings is 1. The summed E-state index contributed by atoms with van der Waals surface area (Å²) in [5.41, 5.74) is 1.97. The van der Waals surface area contributed by atoms with E-state index in [-0.39, 0.29) is 5.91 Å². The van der Waals surface area contributed by atoms with Crippen molar-refractivity contribution in [2.24, 2.45) is 0 Å². The highest BCUT2D eigenvalue weighted by molar-refractivity contribution is 8.00. The quantitative estimate of drug-likeness (QED) is 0.473. The largest absolute Gasteiger partial charge is 0.461 e. The van der Waals surface area contributed by atoms with Crippen molar-refractivity contribution in [3.05, 3.63) is 48.2 Å². The molecule has 2 atom stereocenters. The highest BCUT2D eigenvalue weighted by atomic mass is 32.2. The summed E-state index contributed by atoms with van der Waals surface area (Å²) in [6.07, 6.45) is 2.55. The van der Waals surface area contributed by atoms with Gasteiger partial charge in [0.1, 0.15) is 0 Å². The number of aromatic nitrogens is 3. The van der Waals surface area contributed by atoms with Crippen LogP contribution in [0.3, 0.4) is 0 Å². The van der Waals surface area contributed by atoms with Crippen LogP contribution in [0.4, 0.5) is 5.69 Å².